The van der Waals surface area contributed by atoms with Gasteiger partial charge in [-0.2, -0.15) is 8.42 Å². The van der Waals surface area contributed by atoms with Gasteiger partial charge in [0.1, 0.15) is 0 Å². The Hall–Kier alpha value is -1.27. The zero-order chi connectivity index (χ0) is 10.2. The predicted octanol–water partition coefficient (Wildman–Crippen LogP) is 0.122. The van der Waals surface area contributed by atoms with Crippen molar-refractivity contribution < 1.29 is 8.42 Å². The van der Waals surface area contributed by atoms with E-state index in [1.54, 1.807) is 12.1 Å². The molecule has 5 nitrogen and oxygen atoms in total. The van der Waals surface area contributed by atoms with Gasteiger partial charge in [0, 0.05) is 6.54 Å². The minimum Gasteiger partial charge on any atom is -0.382 e. The summed E-state index contributed by atoms with van der Waals surface area (Å²) in [5.41, 5.74) is 1.41. The van der Waals surface area contributed by atoms with E-state index < -0.39 is 10.2 Å². The van der Waals surface area contributed by atoms with Gasteiger partial charge in [-0.3, -0.25) is 4.31 Å². The Morgan fingerprint density at radius 3 is 2.79 bits per heavy atom. The summed E-state index contributed by atoms with van der Waals surface area (Å²) >= 11 is 0. The van der Waals surface area contributed by atoms with Gasteiger partial charge in [0.05, 0.1) is 17.9 Å². The summed E-state index contributed by atoms with van der Waals surface area (Å²) < 4.78 is 23.7. The third-order valence-electron chi connectivity index (χ3n) is 2.11. The second-order valence-electron chi connectivity index (χ2n) is 3.06. The maximum atomic E-state index is 11.2. The molecule has 1 aromatic carbocycles. The first-order chi connectivity index (χ1) is 6.59. The maximum absolute atomic E-state index is 11.2. The lowest BCUT2D eigenvalue weighted by molar-refractivity contribution is 0.592. The van der Waals surface area contributed by atoms with Crippen LogP contribution < -0.4 is 14.8 Å². The highest BCUT2D eigenvalue weighted by atomic mass is 32.2. The van der Waals surface area contributed by atoms with Gasteiger partial charge in [0.15, 0.2) is 0 Å². The number of anilines is 2. The lowest BCUT2D eigenvalue weighted by atomic mass is 10.2. The number of rotatable bonds is 1. The average Bonchev–Trinajstić information content (AvgIpc) is 2.15. The van der Waals surface area contributed by atoms with Crippen LogP contribution >= 0.6 is 0 Å². The Balaban J connectivity index is 2.51. The van der Waals surface area contributed by atoms with Gasteiger partial charge in [0.25, 0.3) is 10.2 Å². The Morgan fingerprint density at radius 1 is 1.36 bits per heavy atom. The molecule has 1 aliphatic rings. The van der Waals surface area contributed by atoms with Crippen LogP contribution in [-0.4, -0.2) is 21.5 Å². The van der Waals surface area contributed by atoms with Gasteiger partial charge in [-0.25, -0.2) is 5.14 Å². The molecule has 1 heterocycles. The number of hydrogen-bond acceptors (Lipinski definition) is 3. The van der Waals surface area contributed by atoms with Crippen LogP contribution in [0.3, 0.4) is 0 Å². The van der Waals surface area contributed by atoms with Crippen LogP contribution in [-0.2, 0) is 10.2 Å². The normalized spacial score (nSPS) is 15.9. The number of hydrogen-bond donors (Lipinski definition) is 2. The van der Waals surface area contributed by atoms with Crippen LogP contribution in [0.2, 0.25) is 0 Å². The van der Waals surface area contributed by atoms with Crippen LogP contribution in [0.4, 0.5) is 11.4 Å². The van der Waals surface area contributed by atoms with Crippen molar-refractivity contribution in [3.8, 4) is 0 Å². The number of nitrogens with zero attached hydrogens (tertiary/aromatic N) is 1. The number of nitrogens with one attached hydrogen (secondary N) is 1. The molecule has 0 fully saturated rings. The SMILES string of the molecule is NS(=O)(=O)N1CCNc2ccccc21. The number of para-hydroxylation sites is 2. The van der Waals surface area contributed by atoms with E-state index in [0.29, 0.717) is 18.8 Å². The second-order valence-corrected chi connectivity index (χ2v) is 4.53. The van der Waals surface area contributed by atoms with E-state index in [2.05, 4.69) is 5.32 Å². The summed E-state index contributed by atoms with van der Waals surface area (Å²) in [5.74, 6) is 0. The molecule has 1 aromatic rings. The Bertz CT molecular complexity index is 444. The average molecular weight is 213 g/mol. The van der Waals surface area contributed by atoms with Crippen LogP contribution in [0.15, 0.2) is 24.3 Å². The molecule has 14 heavy (non-hydrogen) atoms. The minimum atomic E-state index is -3.65. The highest BCUT2D eigenvalue weighted by molar-refractivity contribution is 7.90. The summed E-state index contributed by atoms with van der Waals surface area (Å²) in [6, 6.07) is 7.18. The second kappa shape index (κ2) is 3.14. The van der Waals surface area contributed by atoms with Crippen LogP contribution in [0.5, 0.6) is 0 Å². The zero-order valence-electron chi connectivity index (χ0n) is 7.47. The molecule has 0 radical (unpaired) electrons. The Labute approximate surface area is 82.7 Å². The molecule has 3 N–H and O–H groups in total. The van der Waals surface area contributed by atoms with Crippen molar-refractivity contribution in [2.24, 2.45) is 5.14 Å². The van der Waals surface area contributed by atoms with Gasteiger partial charge in [0.2, 0.25) is 0 Å². The van der Waals surface area contributed by atoms with Crippen molar-refractivity contribution in [2.75, 3.05) is 22.7 Å². The van der Waals surface area contributed by atoms with E-state index in [1.807, 2.05) is 12.1 Å². The quantitative estimate of drug-likeness (QED) is 0.696. The third-order valence-corrected chi connectivity index (χ3v) is 3.10. The monoisotopic (exact) mass is 213 g/mol. The van der Waals surface area contributed by atoms with E-state index >= 15 is 0 Å². The number of fused-ring (bicyclic) bond motifs is 1. The van der Waals surface area contributed by atoms with Crippen molar-refractivity contribution in [3.63, 3.8) is 0 Å². The van der Waals surface area contributed by atoms with Crippen molar-refractivity contribution in [3.05, 3.63) is 24.3 Å². The molecule has 0 spiro atoms. The minimum absolute atomic E-state index is 0.371. The van der Waals surface area contributed by atoms with Gasteiger partial charge < -0.3 is 5.32 Å². The van der Waals surface area contributed by atoms with Crippen molar-refractivity contribution in [1.29, 1.82) is 0 Å². The molecule has 0 aliphatic carbocycles. The zero-order valence-corrected chi connectivity index (χ0v) is 8.29. The summed E-state index contributed by atoms with van der Waals surface area (Å²) in [5, 5.41) is 8.20. The first kappa shape index (κ1) is 9.29. The molecular weight excluding hydrogens is 202 g/mol. The largest absolute Gasteiger partial charge is 0.382 e. The fraction of sp³-hybridized carbons (Fsp3) is 0.250. The molecule has 6 heteroatoms. The summed E-state index contributed by atoms with van der Waals surface area (Å²) in [6.45, 7) is 0.948. The smallest absolute Gasteiger partial charge is 0.299 e. The molecule has 0 unspecified atom stereocenters. The molecular formula is C8H11N3O2S. The molecule has 0 amide bonds. The lowest BCUT2D eigenvalue weighted by Crippen LogP contribution is -2.42. The molecule has 0 saturated heterocycles. The standard InChI is InChI=1S/C8H11N3O2S/c9-14(12,13)11-6-5-10-7-3-1-2-4-8(7)11/h1-4,10H,5-6H2,(H2,9,12,13). The predicted molar refractivity (Wildman–Crippen MR) is 55.4 cm³/mol. The molecule has 1 aliphatic heterocycles. The Morgan fingerprint density at radius 2 is 2.07 bits per heavy atom. The van der Waals surface area contributed by atoms with Crippen molar-refractivity contribution >= 4 is 21.6 Å². The highest BCUT2D eigenvalue weighted by Gasteiger charge is 2.23. The molecule has 76 valence electrons. The first-order valence-electron chi connectivity index (χ1n) is 4.22. The maximum Gasteiger partial charge on any atom is 0.299 e. The molecule has 0 aromatic heterocycles. The van der Waals surface area contributed by atoms with E-state index in [1.165, 1.54) is 4.31 Å². The van der Waals surface area contributed by atoms with Crippen LogP contribution in [0, 0.1) is 0 Å². The van der Waals surface area contributed by atoms with Gasteiger partial charge in [-0.15, -0.1) is 0 Å². The summed E-state index contributed by atoms with van der Waals surface area (Å²) in [6.07, 6.45) is 0. The molecule has 0 bridgehead atoms. The lowest BCUT2D eigenvalue weighted by Gasteiger charge is -2.29. The highest BCUT2D eigenvalue weighted by Crippen LogP contribution is 2.29. The van der Waals surface area contributed by atoms with Gasteiger partial charge in [-0.1, -0.05) is 12.1 Å². The number of benzene rings is 1. The molecule has 2 rings (SSSR count). The van der Waals surface area contributed by atoms with E-state index in [-0.39, 0.29) is 0 Å². The topological polar surface area (TPSA) is 75.4 Å². The van der Waals surface area contributed by atoms with Crippen molar-refractivity contribution in [2.45, 2.75) is 0 Å². The van der Waals surface area contributed by atoms with Crippen molar-refractivity contribution in [1.82, 2.24) is 0 Å². The molecule has 0 saturated carbocycles. The fourth-order valence-corrected chi connectivity index (χ4v) is 2.30. The first-order valence-corrected chi connectivity index (χ1v) is 5.73. The summed E-state index contributed by atoms with van der Waals surface area (Å²) in [7, 11) is -3.65. The van der Waals surface area contributed by atoms with Crippen LogP contribution in [0.25, 0.3) is 0 Å². The Kier molecular flexibility index (Phi) is 2.09. The van der Waals surface area contributed by atoms with Crippen LogP contribution in [0.1, 0.15) is 0 Å². The summed E-state index contributed by atoms with van der Waals surface area (Å²) in [4.78, 5) is 0. The fourth-order valence-electron chi connectivity index (χ4n) is 1.52. The van der Waals surface area contributed by atoms with Gasteiger partial charge in [-0.05, 0) is 12.1 Å². The van der Waals surface area contributed by atoms with E-state index in [9.17, 15) is 8.42 Å². The number of nitrogens with two attached hydrogens (primary N) is 1. The van der Waals surface area contributed by atoms with E-state index in [4.69, 9.17) is 5.14 Å². The van der Waals surface area contributed by atoms with E-state index in [0.717, 1.165) is 5.69 Å². The van der Waals surface area contributed by atoms with Gasteiger partial charge >= 0.3 is 0 Å². The molecule has 0 atom stereocenters. The third kappa shape index (κ3) is 1.53.